The minimum atomic E-state index is -3.65. The predicted octanol–water partition coefficient (Wildman–Crippen LogP) is 5.15. The van der Waals surface area contributed by atoms with E-state index < -0.39 is 10.0 Å². The molecule has 3 nitrogen and oxygen atoms in total. The standard InChI is InChI=1S/C20H19NO2S2/c1-17(18-11-5-2-6-12-18)21(24-19-13-7-3-8-14-19)25(22,23)20-15-9-4-10-16-20/h2-17H,1H3. The molecule has 0 saturated heterocycles. The molecular formula is C20H19NO2S2. The van der Waals surface area contributed by atoms with Crippen LogP contribution in [-0.2, 0) is 10.0 Å². The van der Waals surface area contributed by atoms with Gasteiger partial charge in [0.05, 0.1) is 10.9 Å². The third kappa shape index (κ3) is 4.12. The van der Waals surface area contributed by atoms with Crippen molar-refractivity contribution in [3.05, 3.63) is 96.6 Å². The van der Waals surface area contributed by atoms with Gasteiger partial charge in [0.15, 0.2) is 0 Å². The lowest BCUT2D eigenvalue weighted by Crippen LogP contribution is -2.27. The second-order valence-electron chi connectivity index (χ2n) is 5.56. The van der Waals surface area contributed by atoms with Gasteiger partial charge in [-0.1, -0.05) is 66.7 Å². The summed E-state index contributed by atoms with van der Waals surface area (Å²) in [6.07, 6.45) is 0. The lowest BCUT2D eigenvalue weighted by molar-refractivity contribution is 0.492. The molecule has 0 aliphatic rings. The van der Waals surface area contributed by atoms with E-state index in [9.17, 15) is 8.42 Å². The number of rotatable bonds is 6. The van der Waals surface area contributed by atoms with Gasteiger partial charge in [-0.05, 0) is 48.7 Å². The Bertz CT molecular complexity index is 898. The van der Waals surface area contributed by atoms with Crippen LogP contribution in [0.4, 0.5) is 0 Å². The minimum Gasteiger partial charge on any atom is -0.206 e. The van der Waals surface area contributed by atoms with E-state index in [4.69, 9.17) is 0 Å². The van der Waals surface area contributed by atoms with Crippen molar-refractivity contribution in [3.8, 4) is 0 Å². The molecule has 1 atom stereocenters. The highest BCUT2D eigenvalue weighted by Gasteiger charge is 2.31. The van der Waals surface area contributed by atoms with Crippen molar-refractivity contribution in [2.75, 3.05) is 0 Å². The highest BCUT2D eigenvalue weighted by Crippen LogP contribution is 2.37. The van der Waals surface area contributed by atoms with Crippen LogP contribution in [0.1, 0.15) is 18.5 Å². The van der Waals surface area contributed by atoms with Crippen molar-refractivity contribution in [2.24, 2.45) is 0 Å². The Balaban J connectivity index is 2.03. The minimum absolute atomic E-state index is 0.293. The van der Waals surface area contributed by atoms with Crippen LogP contribution < -0.4 is 0 Å². The van der Waals surface area contributed by atoms with E-state index in [2.05, 4.69) is 0 Å². The summed E-state index contributed by atoms with van der Waals surface area (Å²) in [5, 5.41) is 0. The molecule has 0 aliphatic carbocycles. The maximum absolute atomic E-state index is 13.3. The van der Waals surface area contributed by atoms with Gasteiger partial charge in [-0.15, -0.1) is 3.71 Å². The van der Waals surface area contributed by atoms with Gasteiger partial charge < -0.3 is 0 Å². The number of benzene rings is 3. The Labute approximate surface area is 153 Å². The second-order valence-corrected chi connectivity index (χ2v) is 8.66. The molecule has 5 heteroatoms. The van der Waals surface area contributed by atoms with Crippen LogP contribution in [-0.4, -0.2) is 12.1 Å². The van der Waals surface area contributed by atoms with Crippen molar-refractivity contribution in [3.63, 3.8) is 0 Å². The van der Waals surface area contributed by atoms with Gasteiger partial charge in [0.1, 0.15) is 0 Å². The van der Waals surface area contributed by atoms with Crippen LogP contribution in [0.5, 0.6) is 0 Å². The molecule has 0 fully saturated rings. The van der Waals surface area contributed by atoms with Gasteiger partial charge in [-0.3, -0.25) is 0 Å². The van der Waals surface area contributed by atoms with Gasteiger partial charge in [0.25, 0.3) is 10.0 Å². The Hall–Kier alpha value is -2.08. The van der Waals surface area contributed by atoms with Crippen LogP contribution in [0.15, 0.2) is 101 Å². The molecule has 0 bridgehead atoms. The first-order chi connectivity index (χ1) is 12.1. The summed E-state index contributed by atoms with van der Waals surface area (Å²) in [4.78, 5) is 1.17. The molecule has 0 heterocycles. The summed E-state index contributed by atoms with van der Waals surface area (Å²) in [5.74, 6) is 0. The first-order valence-corrected chi connectivity index (χ1v) is 10.2. The third-order valence-electron chi connectivity index (χ3n) is 3.81. The van der Waals surface area contributed by atoms with Crippen molar-refractivity contribution in [1.29, 1.82) is 0 Å². The van der Waals surface area contributed by atoms with Crippen LogP contribution in [0.25, 0.3) is 0 Å². The molecule has 3 rings (SSSR count). The Morgan fingerprint density at radius 1 is 0.760 bits per heavy atom. The largest absolute Gasteiger partial charge is 0.253 e. The zero-order valence-corrected chi connectivity index (χ0v) is 15.5. The van der Waals surface area contributed by atoms with E-state index >= 15 is 0 Å². The third-order valence-corrected chi connectivity index (χ3v) is 7.26. The number of sulfonamides is 1. The molecule has 3 aromatic rings. The van der Waals surface area contributed by atoms with Crippen LogP contribution in [0.2, 0.25) is 0 Å². The van der Waals surface area contributed by atoms with E-state index in [0.29, 0.717) is 4.90 Å². The molecule has 128 valence electrons. The van der Waals surface area contributed by atoms with E-state index in [1.54, 1.807) is 24.3 Å². The highest BCUT2D eigenvalue weighted by atomic mass is 32.3. The fourth-order valence-corrected chi connectivity index (χ4v) is 5.39. The van der Waals surface area contributed by atoms with Crippen molar-refractivity contribution in [1.82, 2.24) is 3.71 Å². The van der Waals surface area contributed by atoms with Gasteiger partial charge in [-0.25, -0.2) is 8.42 Å². The summed E-state index contributed by atoms with van der Waals surface area (Å²) in [6.45, 7) is 1.91. The summed E-state index contributed by atoms with van der Waals surface area (Å²) in [5.41, 5.74) is 0.949. The van der Waals surface area contributed by atoms with Crippen LogP contribution in [0.3, 0.4) is 0 Å². The SMILES string of the molecule is CC(c1ccccc1)N(Sc1ccccc1)S(=O)(=O)c1ccccc1. The zero-order chi connectivity index (χ0) is 17.7. The Kier molecular flexibility index (Phi) is 5.58. The quantitative estimate of drug-likeness (QED) is 0.564. The monoisotopic (exact) mass is 369 g/mol. The first kappa shape index (κ1) is 17.7. The number of hydrogen-bond acceptors (Lipinski definition) is 3. The highest BCUT2D eigenvalue weighted by molar-refractivity contribution is 8.08. The topological polar surface area (TPSA) is 37.4 Å². The smallest absolute Gasteiger partial charge is 0.206 e. The maximum atomic E-state index is 13.3. The van der Waals surface area contributed by atoms with E-state index in [1.165, 1.54) is 15.7 Å². The zero-order valence-electron chi connectivity index (χ0n) is 13.8. The first-order valence-electron chi connectivity index (χ1n) is 7.96. The summed E-state index contributed by atoms with van der Waals surface area (Å²) in [7, 11) is -3.65. The molecule has 0 aromatic heterocycles. The fourth-order valence-electron chi connectivity index (χ4n) is 2.47. The summed E-state index contributed by atoms with van der Waals surface area (Å²) < 4.78 is 28.0. The molecular weight excluding hydrogens is 350 g/mol. The van der Waals surface area contributed by atoms with E-state index in [0.717, 1.165) is 10.5 Å². The molecule has 1 unspecified atom stereocenters. The number of hydrogen-bond donors (Lipinski definition) is 0. The molecule has 3 aromatic carbocycles. The Morgan fingerprint density at radius 2 is 1.24 bits per heavy atom. The lowest BCUT2D eigenvalue weighted by atomic mass is 10.1. The maximum Gasteiger partial charge on any atom is 0.253 e. The average Bonchev–Trinajstić information content (AvgIpc) is 2.67. The van der Waals surface area contributed by atoms with Crippen molar-refractivity contribution >= 4 is 22.0 Å². The summed E-state index contributed by atoms with van der Waals surface area (Å²) in [6, 6.07) is 27.5. The van der Waals surface area contributed by atoms with Crippen LogP contribution in [0, 0.1) is 0 Å². The predicted molar refractivity (Wildman–Crippen MR) is 103 cm³/mol. The molecule has 25 heavy (non-hydrogen) atoms. The molecule has 0 radical (unpaired) electrons. The normalized spacial score (nSPS) is 12.9. The van der Waals surface area contributed by atoms with Crippen molar-refractivity contribution in [2.45, 2.75) is 22.8 Å². The van der Waals surface area contributed by atoms with Gasteiger partial charge >= 0.3 is 0 Å². The molecule has 0 amide bonds. The summed E-state index contributed by atoms with van der Waals surface area (Å²) >= 11 is 1.24. The van der Waals surface area contributed by atoms with E-state index in [-0.39, 0.29) is 6.04 Å². The molecule has 0 saturated carbocycles. The van der Waals surface area contributed by atoms with Gasteiger partial charge in [0.2, 0.25) is 0 Å². The average molecular weight is 370 g/mol. The van der Waals surface area contributed by atoms with Gasteiger partial charge in [-0.2, -0.15) is 0 Å². The second kappa shape index (κ2) is 7.87. The van der Waals surface area contributed by atoms with E-state index in [1.807, 2.05) is 73.7 Å². The fraction of sp³-hybridized carbons (Fsp3) is 0.100. The van der Waals surface area contributed by atoms with Gasteiger partial charge in [0, 0.05) is 4.90 Å². The Morgan fingerprint density at radius 3 is 1.80 bits per heavy atom. The molecule has 0 N–H and O–H groups in total. The number of nitrogens with zero attached hydrogens (tertiary/aromatic N) is 1. The molecule has 0 spiro atoms. The van der Waals surface area contributed by atoms with Crippen LogP contribution >= 0.6 is 11.9 Å². The van der Waals surface area contributed by atoms with Crippen molar-refractivity contribution < 1.29 is 8.42 Å². The lowest BCUT2D eigenvalue weighted by Gasteiger charge is -2.27. The molecule has 0 aliphatic heterocycles.